The van der Waals surface area contributed by atoms with Crippen LogP contribution in [0, 0.1) is 0 Å². The van der Waals surface area contributed by atoms with Crippen LogP contribution in [0.5, 0.6) is 0 Å². The summed E-state index contributed by atoms with van der Waals surface area (Å²) in [5.41, 5.74) is 12.4. The van der Waals surface area contributed by atoms with Gasteiger partial charge in [-0.3, -0.25) is 5.14 Å². The summed E-state index contributed by atoms with van der Waals surface area (Å²) in [6, 6.07) is 16.5. The standard InChI is InChI=1S/C23H25N7S/c1-28-8-10-29(11-9-28)18-6-2-4-16(12-18)21-15-27-30-22(24)20(14-26-23(21)30)17-5-3-7-19(13-17)31-25/h2-7,12-15H,8-11,24-25H2,1H3. The summed E-state index contributed by atoms with van der Waals surface area (Å²) in [5.74, 6) is 0.561. The maximum absolute atomic E-state index is 6.50. The summed E-state index contributed by atoms with van der Waals surface area (Å²) >= 11 is 1.21. The normalized spacial score (nSPS) is 15.0. The molecule has 1 aliphatic rings. The highest BCUT2D eigenvalue weighted by molar-refractivity contribution is 7.97. The second-order valence-corrected chi connectivity index (χ2v) is 8.54. The molecule has 4 N–H and O–H groups in total. The fraction of sp³-hybridized carbons (Fsp3) is 0.217. The number of aromatic nitrogens is 3. The maximum Gasteiger partial charge on any atom is 0.165 e. The summed E-state index contributed by atoms with van der Waals surface area (Å²) in [6.45, 7) is 4.21. The lowest BCUT2D eigenvalue weighted by molar-refractivity contribution is 0.313. The minimum absolute atomic E-state index is 0.561. The first kappa shape index (κ1) is 19.9. The molecule has 1 fully saturated rings. The van der Waals surface area contributed by atoms with Crippen molar-refractivity contribution in [1.82, 2.24) is 19.5 Å². The number of anilines is 2. The highest BCUT2D eigenvalue weighted by atomic mass is 32.2. The van der Waals surface area contributed by atoms with Crippen LogP contribution in [-0.2, 0) is 0 Å². The van der Waals surface area contributed by atoms with E-state index in [1.165, 1.54) is 17.6 Å². The Morgan fingerprint density at radius 3 is 2.42 bits per heavy atom. The topological polar surface area (TPSA) is 88.7 Å². The van der Waals surface area contributed by atoms with E-state index in [2.05, 4.69) is 46.2 Å². The third-order valence-electron chi connectivity index (χ3n) is 5.87. The second-order valence-electron chi connectivity index (χ2n) is 7.84. The van der Waals surface area contributed by atoms with Crippen LogP contribution in [0.25, 0.3) is 27.9 Å². The average Bonchev–Trinajstić information content (AvgIpc) is 3.25. The summed E-state index contributed by atoms with van der Waals surface area (Å²) < 4.78 is 1.72. The smallest absolute Gasteiger partial charge is 0.165 e. The Kier molecular flexibility index (Phi) is 5.27. The molecule has 0 spiro atoms. The van der Waals surface area contributed by atoms with Crippen LogP contribution in [-0.4, -0.2) is 52.7 Å². The molecule has 0 amide bonds. The fourth-order valence-corrected chi connectivity index (χ4v) is 4.40. The predicted octanol–water partition coefficient (Wildman–Crippen LogP) is 3.36. The van der Waals surface area contributed by atoms with E-state index in [0.29, 0.717) is 5.82 Å². The Labute approximate surface area is 185 Å². The van der Waals surface area contributed by atoms with Crippen molar-refractivity contribution in [2.24, 2.45) is 5.14 Å². The first-order chi connectivity index (χ1) is 15.1. The number of hydrogen-bond acceptors (Lipinski definition) is 7. The van der Waals surface area contributed by atoms with Gasteiger partial charge in [0.2, 0.25) is 0 Å². The van der Waals surface area contributed by atoms with Crippen molar-refractivity contribution in [3.05, 3.63) is 60.9 Å². The molecule has 8 heteroatoms. The predicted molar refractivity (Wildman–Crippen MR) is 128 cm³/mol. The van der Waals surface area contributed by atoms with Gasteiger partial charge in [-0.2, -0.15) is 9.61 Å². The lowest BCUT2D eigenvalue weighted by atomic mass is 10.1. The Hall–Kier alpha value is -3.07. The summed E-state index contributed by atoms with van der Waals surface area (Å²) in [4.78, 5) is 10.5. The number of benzene rings is 2. The SMILES string of the molecule is CN1CCN(c2cccc(-c3cnn4c(N)c(-c5cccc(SN)c5)cnc34)c2)CC1. The van der Waals surface area contributed by atoms with Crippen LogP contribution in [0.1, 0.15) is 0 Å². The van der Waals surface area contributed by atoms with Crippen molar-refractivity contribution < 1.29 is 0 Å². The van der Waals surface area contributed by atoms with Gasteiger partial charge in [-0.15, -0.1) is 0 Å². The molecule has 1 aliphatic heterocycles. The molecule has 2 aromatic carbocycles. The molecule has 0 saturated carbocycles. The van der Waals surface area contributed by atoms with Crippen molar-refractivity contribution in [1.29, 1.82) is 0 Å². The summed E-state index contributed by atoms with van der Waals surface area (Å²) in [5, 5.41) is 10.3. The zero-order chi connectivity index (χ0) is 21.4. The molecular weight excluding hydrogens is 406 g/mol. The Morgan fingerprint density at radius 2 is 1.65 bits per heavy atom. The fourth-order valence-electron chi connectivity index (χ4n) is 4.05. The van der Waals surface area contributed by atoms with Crippen molar-refractivity contribution in [2.75, 3.05) is 43.9 Å². The Morgan fingerprint density at radius 1 is 0.903 bits per heavy atom. The van der Waals surface area contributed by atoms with Gasteiger partial charge in [-0.25, -0.2) is 4.98 Å². The van der Waals surface area contributed by atoms with Gasteiger partial charge in [-0.05, 0) is 54.4 Å². The van der Waals surface area contributed by atoms with Gasteiger partial charge < -0.3 is 15.5 Å². The highest BCUT2D eigenvalue weighted by Gasteiger charge is 2.17. The number of nitrogens with zero attached hydrogens (tertiary/aromatic N) is 5. The number of likely N-dealkylation sites (N-methyl/N-ethyl adjacent to an activating group) is 1. The minimum atomic E-state index is 0.561. The number of nitrogens with two attached hydrogens (primary N) is 2. The number of fused-ring (bicyclic) bond motifs is 1. The number of piperazine rings is 1. The molecule has 4 aromatic rings. The molecule has 2 aromatic heterocycles. The van der Waals surface area contributed by atoms with Crippen LogP contribution in [0.15, 0.2) is 65.8 Å². The molecule has 0 atom stereocenters. The second kappa shape index (κ2) is 8.22. The van der Waals surface area contributed by atoms with E-state index in [-0.39, 0.29) is 0 Å². The summed E-state index contributed by atoms with van der Waals surface area (Å²) in [7, 11) is 2.17. The van der Waals surface area contributed by atoms with Gasteiger partial charge in [0.15, 0.2) is 5.65 Å². The molecule has 0 unspecified atom stereocenters. The van der Waals surface area contributed by atoms with Crippen LogP contribution >= 0.6 is 11.9 Å². The number of nitrogen functional groups attached to an aromatic ring is 1. The van der Waals surface area contributed by atoms with Crippen LogP contribution in [0.4, 0.5) is 11.5 Å². The quantitative estimate of drug-likeness (QED) is 0.479. The van der Waals surface area contributed by atoms with E-state index in [1.54, 1.807) is 4.52 Å². The van der Waals surface area contributed by atoms with E-state index in [9.17, 15) is 0 Å². The molecule has 0 aliphatic carbocycles. The molecule has 7 nitrogen and oxygen atoms in total. The van der Waals surface area contributed by atoms with Crippen molar-refractivity contribution in [3.63, 3.8) is 0 Å². The molecule has 0 radical (unpaired) electrons. The van der Waals surface area contributed by atoms with Gasteiger partial charge in [0, 0.05) is 54.1 Å². The van der Waals surface area contributed by atoms with Crippen molar-refractivity contribution in [3.8, 4) is 22.3 Å². The van der Waals surface area contributed by atoms with Gasteiger partial charge in [0.05, 0.1) is 6.20 Å². The van der Waals surface area contributed by atoms with E-state index in [1.807, 2.05) is 36.7 Å². The first-order valence-electron chi connectivity index (χ1n) is 10.3. The molecular formula is C23H25N7S. The van der Waals surface area contributed by atoms with Crippen LogP contribution < -0.4 is 15.8 Å². The third-order valence-corrected chi connectivity index (χ3v) is 6.40. The number of rotatable bonds is 4. The minimum Gasteiger partial charge on any atom is -0.383 e. The zero-order valence-corrected chi connectivity index (χ0v) is 18.2. The largest absolute Gasteiger partial charge is 0.383 e. The van der Waals surface area contributed by atoms with Gasteiger partial charge in [0.1, 0.15) is 5.82 Å². The molecule has 158 valence electrons. The average molecular weight is 432 g/mol. The highest BCUT2D eigenvalue weighted by Crippen LogP contribution is 2.32. The van der Waals surface area contributed by atoms with Gasteiger partial charge in [-0.1, -0.05) is 24.3 Å². The zero-order valence-electron chi connectivity index (χ0n) is 17.4. The molecule has 0 bridgehead atoms. The van der Waals surface area contributed by atoms with Crippen molar-refractivity contribution in [2.45, 2.75) is 4.90 Å². The van der Waals surface area contributed by atoms with Gasteiger partial charge >= 0.3 is 0 Å². The molecule has 5 rings (SSSR count). The summed E-state index contributed by atoms with van der Waals surface area (Å²) in [6.07, 6.45) is 3.66. The molecule has 3 heterocycles. The maximum atomic E-state index is 6.50. The van der Waals surface area contributed by atoms with Crippen molar-refractivity contribution >= 4 is 29.1 Å². The monoisotopic (exact) mass is 431 g/mol. The third kappa shape index (κ3) is 3.74. The first-order valence-corrected chi connectivity index (χ1v) is 11.2. The van der Waals surface area contributed by atoms with E-state index >= 15 is 0 Å². The van der Waals surface area contributed by atoms with Crippen LogP contribution in [0.3, 0.4) is 0 Å². The lowest BCUT2D eigenvalue weighted by Crippen LogP contribution is -2.44. The van der Waals surface area contributed by atoms with E-state index < -0.39 is 0 Å². The van der Waals surface area contributed by atoms with E-state index in [0.717, 1.165) is 59.0 Å². The van der Waals surface area contributed by atoms with E-state index in [4.69, 9.17) is 15.9 Å². The molecule has 1 saturated heterocycles. The van der Waals surface area contributed by atoms with Gasteiger partial charge in [0.25, 0.3) is 0 Å². The van der Waals surface area contributed by atoms with Crippen LogP contribution in [0.2, 0.25) is 0 Å². The Bertz CT molecular complexity index is 1230. The molecule has 31 heavy (non-hydrogen) atoms. The lowest BCUT2D eigenvalue weighted by Gasteiger charge is -2.34. The Balaban J connectivity index is 1.52. The number of hydrogen-bond donors (Lipinski definition) is 2.